The molecule has 1 aliphatic heterocycles. The third kappa shape index (κ3) is 2.58. The van der Waals surface area contributed by atoms with E-state index in [0.717, 1.165) is 24.4 Å². The largest absolute Gasteiger partial charge is 0.439 e. The number of aliphatic imine (C=N–C) groups is 1. The number of carbonyl (C=O) groups excluding carboxylic acids is 1. The van der Waals surface area contributed by atoms with Crippen molar-refractivity contribution >= 4 is 12.4 Å². The van der Waals surface area contributed by atoms with Crippen LogP contribution < -0.4 is 0 Å². The highest BCUT2D eigenvalue weighted by molar-refractivity contribution is 5.81. The quantitative estimate of drug-likeness (QED) is 0.794. The molecule has 1 amide bonds. The molecule has 1 aromatic heterocycles. The van der Waals surface area contributed by atoms with Crippen LogP contribution in [-0.2, 0) is 0 Å². The fraction of sp³-hybridized carbons (Fsp3) is 0.562. The van der Waals surface area contributed by atoms with Gasteiger partial charge in [-0.15, -0.1) is 0 Å². The first-order chi connectivity index (χ1) is 9.94. The predicted octanol–water partition coefficient (Wildman–Crippen LogP) is 3.64. The first-order valence-corrected chi connectivity index (χ1v) is 7.64. The Bertz CT molecular complexity index is 569. The minimum absolute atomic E-state index is 0.00236. The summed E-state index contributed by atoms with van der Waals surface area (Å²) in [7, 11) is 0. The first-order valence-electron chi connectivity index (χ1n) is 7.64. The lowest BCUT2D eigenvalue weighted by Gasteiger charge is -2.31. The van der Waals surface area contributed by atoms with Gasteiger partial charge in [0.25, 0.3) is 0 Å². The van der Waals surface area contributed by atoms with Crippen molar-refractivity contribution in [3.8, 4) is 0 Å². The molecule has 114 valence electrons. The number of carbonyl (C=O) groups is 1. The monoisotopic (exact) mass is 289 g/mol. The highest BCUT2D eigenvalue weighted by Gasteiger charge is 2.47. The molecule has 1 aliphatic rings. The van der Waals surface area contributed by atoms with Gasteiger partial charge >= 0.3 is 6.03 Å². The molecule has 0 aromatic carbocycles. The summed E-state index contributed by atoms with van der Waals surface area (Å²) in [4.78, 5) is 21.7. The highest BCUT2D eigenvalue weighted by atomic mass is 16.2. The van der Waals surface area contributed by atoms with Crippen molar-refractivity contribution in [3.63, 3.8) is 0 Å². The van der Waals surface area contributed by atoms with Crippen molar-refractivity contribution in [2.45, 2.75) is 41.0 Å². The molecular formula is C16H25N4O+. The summed E-state index contributed by atoms with van der Waals surface area (Å²) in [6.07, 6.45) is 7.63. The van der Waals surface area contributed by atoms with Crippen molar-refractivity contribution in [3.05, 3.63) is 30.1 Å². The third-order valence-corrected chi connectivity index (χ3v) is 3.82. The summed E-state index contributed by atoms with van der Waals surface area (Å²) in [6.45, 7) is 11.3. The molecule has 0 spiro atoms. The second kappa shape index (κ2) is 5.93. The minimum Gasteiger partial charge on any atom is -0.245 e. The van der Waals surface area contributed by atoms with Gasteiger partial charge < -0.3 is 0 Å². The maximum Gasteiger partial charge on any atom is 0.439 e. The van der Waals surface area contributed by atoms with Crippen LogP contribution in [0.1, 0.15) is 41.0 Å². The van der Waals surface area contributed by atoms with Crippen LogP contribution in [0.3, 0.4) is 0 Å². The summed E-state index contributed by atoms with van der Waals surface area (Å²) < 4.78 is 1.76. The minimum atomic E-state index is -0.00236. The zero-order valence-electron chi connectivity index (χ0n) is 13.6. The van der Waals surface area contributed by atoms with E-state index in [-0.39, 0.29) is 16.4 Å². The van der Waals surface area contributed by atoms with E-state index in [1.54, 1.807) is 23.3 Å². The maximum absolute atomic E-state index is 13.1. The Morgan fingerprint density at radius 1 is 1.29 bits per heavy atom. The van der Waals surface area contributed by atoms with E-state index in [0.29, 0.717) is 5.92 Å². The SMILES string of the molecule is CCC[N+]1(C(=O)n2ccnc2)C=NC(C(C)C)=C1C(C)C. The Morgan fingerprint density at radius 3 is 2.48 bits per heavy atom. The van der Waals surface area contributed by atoms with Crippen LogP contribution in [0, 0.1) is 11.8 Å². The average Bonchev–Trinajstić information content (AvgIpc) is 3.05. The van der Waals surface area contributed by atoms with Crippen molar-refractivity contribution in [2.75, 3.05) is 6.54 Å². The number of allylic oxidation sites excluding steroid dienone is 2. The summed E-state index contributed by atoms with van der Waals surface area (Å²) in [6, 6.07) is -0.00236. The molecule has 0 saturated carbocycles. The lowest BCUT2D eigenvalue weighted by molar-refractivity contribution is -0.711. The van der Waals surface area contributed by atoms with E-state index in [1.165, 1.54) is 0 Å². The van der Waals surface area contributed by atoms with E-state index >= 15 is 0 Å². The molecule has 0 fully saturated rings. The molecule has 0 N–H and O–H groups in total. The topological polar surface area (TPSA) is 47.2 Å². The molecule has 5 heteroatoms. The smallest absolute Gasteiger partial charge is 0.245 e. The molecule has 0 aliphatic carbocycles. The first kappa shape index (κ1) is 15.6. The number of hydrogen-bond donors (Lipinski definition) is 0. The van der Waals surface area contributed by atoms with Crippen LogP contribution >= 0.6 is 0 Å². The fourth-order valence-corrected chi connectivity index (χ4v) is 3.05. The van der Waals surface area contributed by atoms with Gasteiger partial charge in [-0.1, -0.05) is 34.6 Å². The molecule has 1 aromatic rings. The fourth-order valence-electron chi connectivity index (χ4n) is 3.05. The van der Waals surface area contributed by atoms with E-state index in [1.807, 2.05) is 6.34 Å². The second-order valence-corrected chi connectivity index (χ2v) is 6.17. The van der Waals surface area contributed by atoms with Crippen molar-refractivity contribution in [2.24, 2.45) is 16.8 Å². The van der Waals surface area contributed by atoms with Crippen LogP contribution in [0.4, 0.5) is 4.79 Å². The molecule has 1 atom stereocenters. The molecule has 0 saturated heterocycles. The zero-order valence-corrected chi connectivity index (χ0v) is 13.6. The summed E-state index contributed by atoms with van der Waals surface area (Å²) in [5, 5.41) is 0. The summed E-state index contributed by atoms with van der Waals surface area (Å²) >= 11 is 0. The van der Waals surface area contributed by atoms with Crippen LogP contribution in [0.25, 0.3) is 0 Å². The number of aromatic nitrogens is 2. The van der Waals surface area contributed by atoms with Gasteiger partial charge in [-0.05, 0) is 6.42 Å². The standard InChI is InChI=1S/C16H25N4O/c1-6-9-20(16(21)19-8-7-17-10-19)11-18-14(12(2)3)15(20)13(4)5/h7-8,10-13H,6,9H2,1-5H3/q+1. The molecule has 0 radical (unpaired) electrons. The van der Waals surface area contributed by atoms with Gasteiger partial charge in [0.15, 0.2) is 0 Å². The Labute approximate surface area is 126 Å². The highest BCUT2D eigenvalue weighted by Crippen LogP contribution is 2.36. The number of nitrogens with zero attached hydrogens (tertiary/aromatic N) is 4. The average molecular weight is 289 g/mol. The maximum atomic E-state index is 13.1. The van der Waals surface area contributed by atoms with Crippen molar-refractivity contribution < 1.29 is 9.28 Å². The number of imidazole rings is 1. The van der Waals surface area contributed by atoms with Gasteiger partial charge in [-0.2, -0.15) is 4.48 Å². The van der Waals surface area contributed by atoms with Crippen LogP contribution in [0.2, 0.25) is 0 Å². The number of amides is 1. The number of rotatable bonds is 4. The van der Waals surface area contributed by atoms with E-state index in [2.05, 4.69) is 44.6 Å². The van der Waals surface area contributed by atoms with E-state index < -0.39 is 0 Å². The molecular weight excluding hydrogens is 264 g/mol. The van der Waals surface area contributed by atoms with Gasteiger partial charge in [0.2, 0.25) is 6.34 Å². The molecule has 0 bridgehead atoms. The van der Waals surface area contributed by atoms with Crippen LogP contribution in [0.5, 0.6) is 0 Å². The zero-order chi connectivity index (χ0) is 15.6. The predicted molar refractivity (Wildman–Crippen MR) is 83.6 cm³/mol. The Hall–Kier alpha value is -1.75. The van der Waals surface area contributed by atoms with Crippen molar-refractivity contribution in [1.29, 1.82) is 0 Å². The molecule has 1 unspecified atom stereocenters. The second-order valence-electron chi connectivity index (χ2n) is 6.17. The lowest BCUT2D eigenvalue weighted by atomic mass is 10.00. The molecule has 2 rings (SSSR count). The lowest BCUT2D eigenvalue weighted by Crippen LogP contribution is -2.53. The molecule has 2 heterocycles. The van der Waals surface area contributed by atoms with Gasteiger partial charge in [-0.3, -0.25) is 0 Å². The van der Waals surface area contributed by atoms with Gasteiger partial charge in [0.05, 0.1) is 6.54 Å². The molecule has 21 heavy (non-hydrogen) atoms. The Morgan fingerprint density at radius 2 is 2.00 bits per heavy atom. The van der Waals surface area contributed by atoms with E-state index in [9.17, 15) is 4.79 Å². The van der Waals surface area contributed by atoms with Gasteiger partial charge in [0.1, 0.15) is 17.7 Å². The van der Waals surface area contributed by atoms with E-state index in [4.69, 9.17) is 0 Å². The van der Waals surface area contributed by atoms with Crippen LogP contribution in [-0.4, -0.2) is 32.9 Å². The Kier molecular flexibility index (Phi) is 4.42. The Balaban J connectivity index is 2.57. The normalized spacial score (nSPS) is 21.9. The van der Waals surface area contributed by atoms with Gasteiger partial charge in [0, 0.05) is 24.2 Å². The van der Waals surface area contributed by atoms with Gasteiger partial charge in [-0.25, -0.2) is 19.3 Å². The molecule has 5 nitrogen and oxygen atoms in total. The summed E-state index contributed by atoms with van der Waals surface area (Å²) in [5.74, 6) is 0.579. The number of hydrogen-bond acceptors (Lipinski definition) is 3. The number of quaternary nitrogens is 1. The van der Waals surface area contributed by atoms with Crippen LogP contribution in [0.15, 0.2) is 35.1 Å². The van der Waals surface area contributed by atoms with Crippen molar-refractivity contribution in [1.82, 2.24) is 9.55 Å². The third-order valence-electron chi connectivity index (χ3n) is 3.82. The summed E-state index contributed by atoms with van der Waals surface area (Å²) in [5.41, 5.74) is 2.16.